The van der Waals surface area contributed by atoms with Gasteiger partial charge in [0.25, 0.3) is 5.91 Å². The number of hydrogen-bond donors (Lipinski definition) is 1. The zero-order valence-corrected chi connectivity index (χ0v) is 17.7. The summed E-state index contributed by atoms with van der Waals surface area (Å²) in [5, 5.41) is 2.98. The zero-order valence-electron chi connectivity index (χ0n) is 16.1. The predicted molar refractivity (Wildman–Crippen MR) is 119 cm³/mol. The van der Waals surface area contributed by atoms with Gasteiger partial charge in [-0.1, -0.05) is 46.3 Å². The summed E-state index contributed by atoms with van der Waals surface area (Å²) in [7, 11) is 0. The summed E-state index contributed by atoms with van der Waals surface area (Å²) >= 11 is 3.43. The summed E-state index contributed by atoms with van der Waals surface area (Å²) in [6.45, 7) is 4.01. The Morgan fingerprint density at radius 1 is 0.966 bits per heavy atom. The maximum absolute atomic E-state index is 13.0. The van der Waals surface area contributed by atoms with Gasteiger partial charge in [0.05, 0.1) is 11.8 Å². The minimum Gasteiger partial charge on any atom is -0.436 e. The van der Waals surface area contributed by atoms with Crippen molar-refractivity contribution >= 4 is 27.5 Å². The number of carbonyl (C=O) groups is 1. The first-order chi connectivity index (χ1) is 14.0. The SMILES string of the molecule is Cc1cc(C)cc(NC(=O)c2ccccc2-c2ncc(-c3ccc(Br)cc3)o2)c1. The van der Waals surface area contributed by atoms with E-state index >= 15 is 0 Å². The number of aryl methyl sites for hydroxylation is 2. The maximum Gasteiger partial charge on any atom is 0.256 e. The number of carbonyl (C=O) groups excluding carboxylic acids is 1. The van der Waals surface area contributed by atoms with E-state index < -0.39 is 0 Å². The molecule has 4 nitrogen and oxygen atoms in total. The largest absolute Gasteiger partial charge is 0.436 e. The van der Waals surface area contributed by atoms with Crippen LogP contribution in [0.1, 0.15) is 21.5 Å². The topological polar surface area (TPSA) is 55.1 Å². The molecule has 144 valence electrons. The van der Waals surface area contributed by atoms with Crippen molar-refractivity contribution in [2.45, 2.75) is 13.8 Å². The smallest absolute Gasteiger partial charge is 0.256 e. The Hall–Kier alpha value is -3.18. The molecule has 0 atom stereocenters. The summed E-state index contributed by atoms with van der Waals surface area (Å²) in [5.74, 6) is 0.861. The Bertz CT molecular complexity index is 1160. The first-order valence-electron chi connectivity index (χ1n) is 9.20. The summed E-state index contributed by atoms with van der Waals surface area (Å²) in [4.78, 5) is 17.4. The molecule has 29 heavy (non-hydrogen) atoms. The first kappa shape index (κ1) is 19.2. The highest BCUT2D eigenvalue weighted by molar-refractivity contribution is 9.10. The quantitative estimate of drug-likeness (QED) is 0.382. The third-order valence-corrected chi connectivity index (χ3v) is 5.04. The van der Waals surface area contributed by atoms with E-state index in [4.69, 9.17) is 4.42 Å². The maximum atomic E-state index is 13.0. The van der Waals surface area contributed by atoms with Crippen molar-refractivity contribution in [1.82, 2.24) is 4.98 Å². The van der Waals surface area contributed by atoms with E-state index in [1.54, 1.807) is 12.3 Å². The number of nitrogens with zero attached hydrogens (tertiary/aromatic N) is 1. The summed E-state index contributed by atoms with van der Waals surface area (Å²) in [5.41, 5.74) is 5.05. The molecule has 3 aromatic carbocycles. The number of rotatable bonds is 4. The van der Waals surface area contributed by atoms with E-state index in [2.05, 4.69) is 32.3 Å². The van der Waals surface area contributed by atoms with Gasteiger partial charge in [-0.2, -0.15) is 0 Å². The number of benzene rings is 3. The molecule has 1 aromatic heterocycles. The number of hydrogen-bond acceptors (Lipinski definition) is 3. The highest BCUT2D eigenvalue weighted by atomic mass is 79.9. The molecule has 1 amide bonds. The number of halogens is 1. The predicted octanol–water partition coefficient (Wildman–Crippen LogP) is 6.64. The molecule has 0 saturated carbocycles. The molecule has 0 spiro atoms. The van der Waals surface area contributed by atoms with Crippen molar-refractivity contribution in [3.8, 4) is 22.8 Å². The van der Waals surface area contributed by atoms with Crippen LogP contribution in [0.5, 0.6) is 0 Å². The van der Waals surface area contributed by atoms with Crippen molar-refractivity contribution < 1.29 is 9.21 Å². The number of nitrogens with one attached hydrogen (secondary N) is 1. The van der Waals surface area contributed by atoms with Crippen LogP contribution in [-0.2, 0) is 0 Å². The Morgan fingerprint density at radius 2 is 1.66 bits per heavy atom. The first-order valence-corrected chi connectivity index (χ1v) is 10.00. The lowest BCUT2D eigenvalue weighted by atomic mass is 10.1. The second kappa shape index (κ2) is 8.05. The Balaban J connectivity index is 1.65. The summed E-state index contributed by atoms with van der Waals surface area (Å²) in [6.07, 6.45) is 1.68. The van der Waals surface area contributed by atoms with E-state index in [1.807, 2.05) is 68.4 Å². The minimum atomic E-state index is -0.200. The van der Waals surface area contributed by atoms with E-state index in [-0.39, 0.29) is 5.91 Å². The van der Waals surface area contributed by atoms with Gasteiger partial charge in [0.15, 0.2) is 5.76 Å². The fourth-order valence-corrected chi connectivity index (χ4v) is 3.52. The van der Waals surface area contributed by atoms with Gasteiger partial charge in [-0.25, -0.2) is 4.98 Å². The highest BCUT2D eigenvalue weighted by Gasteiger charge is 2.17. The third kappa shape index (κ3) is 4.30. The molecule has 1 heterocycles. The highest BCUT2D eigenvalue weighted by Crippen LogP contribution is 2.29. The van der Waals surface area contributed by atoms with E-state index in [9.17, 15) is 4.79 Å². The molecular weight excluding hydrogens is 428 g/mol. The second-order valence-corrected chi connectivity index (χ2v) is 7.83. The number of oxazole rings is 1. The number of aromatic nitrogens is 1. The average Bonchev–Trinajstić information content (AvgIpc) is 3.18. The molecule has 1 N–H and O–H groups in total. The lowest BCUT2D eigenvalue weighted by molar-refractivity contribution is 0.102. The Kier molecular flexibility index (Phi) is 5.32. The van der Waals surface area contributed by atoms with Gasteiger partial charge in [0.1, 0.15) is 0 Å². The van der Waals surface area contributed by atoms with E-state index in [0.717, 1.165) is 26.9 Å². The molecule has 0 bridgehead atoms. The molecule has 0 radical (unpaired) electrons. The van der Waals surface area contributed by atoms with Gasteiger partial charge in [-0.15, -0.1) is 0 Å². The minimum absolute atomic E-state index is 0.200. The van der Waals surface area contributed by atoms with Crippen LogP contribution in [0.2, 0.25) is 0 Å². The number of anilines is 1. The van der Waals surface area contributed by atoms with E-state index in [0.29, 0.717) is 22.8 Å². The molecule has 0 aliphatic heterocycles. The summed E-state index contributed by atoms with van der Waals surface area (Å²) in [6, 6.07) is 21.1. The molecule has 4 rings (SSSR count). The molecular formula is C24H19BrN2O2. The third-order valence-electron chi connectivity index (χ3n) is 4.52. The van der Waals surface area contributed by atoms with Crippen LogP contribution in [0.25, 0.3) is 22.8 Å². The van der Waals surface area contributed by atoms with Crippen LogP contribution >= 0.6 is 15.9 Å². The lowest BCUT2D eigenvalue weighted by Crippen LogP contribution is -2.13. The van der Waals surface area contributed by atoms with Crippen LogP contribution in [0.4, 0.5) is 5.69 Å². The molecule has 0 aliphatic rings. The average molecular weight is 447 g/mol. The Morgan fingerprint density at radius 3 is 2.38 bits per heavy atom. The lowest BCUT2D eigenvalue weighted by Gasteiger charge is -2.10. The van der Waals surface area contributed by atoms with Gasteiger partial charge in [0, 0.05) is 21.3 Å². The Labute approximate surface area is 177 Å². The van der Waals surface area contributed by atoms with Crippen molar-refractivity contribution in [1.29, 1.82) is 0 Å². The van der Waals surface area contributed by atoms with Crippen molar-refractivity contribution in [3.63, 3.8) is 0 Å². The monoisotopic (exact) mass is 446 g/mol. The fourth-order valence-electron chi connectivity index (χ4n) is 3.26. The fraction of sp³-hybridized carbons (Fsp3) is 0.0833. The standard InChI is InChI=1S/C24H19BrN2O2/c1-15-11-16(2)13-19(12-15)27-23(28)20-5-3-4-6-21(20)24-26-14-22(29-24)17-7-9-18(25)10-8-17/h3-14H,1-2H3,(H,27,28). The van der Waals surface area contributed by atoms with Crippen LogP contribution in [-0.4, -0.2) is 10.9 Å². The van der Waals surface area contributed by atoms with E-state index in [1.165, 1.54) is 0 Å². The van der Waals surface area contributed by atoms with Gasteiger partial charge in [0.2, 0.25) is 5.89 Å². The van der Waals surface area contributed by atoms with Crippen LogP contribution < -0.4 is 5.32 Å². The molecule has 0 saturated heterocycles. The molecule has 5 heteroatoms. The van der Waals surface area contributed by atoms with Gasteiger partial charge in [-0.05, 0) is 61.4 Å². The molecule has 4 aromatic rings. The number of amides is 1. The molecule has 0 fully saturated rings. The van der Waals surface area contributed by atoms with Gasteiger partial charge >= 0.3 is 0 Å². The van der Waals surface area contributed by atoms with Crippen molar-refractivity contribution in [2.24, 2.45) is 0 Å². The van der Waals surface area contributed by atoms with Crippen molar-refractivity contribution in [3.05, 3.63) is 94.1 Å². The zero-order chi connectivity index (χ0) is 20.4. The van der Waals surface area contributed by atoms with Gasteiger partial charge < -0.3 is 9.73 Å². The van der Waals surface area contributed by atoms with Crippen molar-refractivity contribution in [2.75, 3.05) is 5.32 Å². The van der Waals surface area contributed by atoms with Crippen LogP contribution in [0.15, 0.2) is 81.8 Å². The molecule has 0 unspecified atom stereocenters. The second-order valence-electron chi connectivity index (χ2n) is 6.91. The van der Waals surface area contributed by atoms with Crippen LogP contribution in [0.3, 0.4) is 0 Å². The van der Waals surface area contributed by atoms with Gasteiger partial charge in [-0.3, -0.25) is 4.79 Å². The molecule has 0 aliphatic carbocycles. The summed E-state index contributed by atoms with van der Waals surface area (Å²) < 4.78 is 6.96. The van der Waals surface area contributed by atoms with Crippen LogP contribution in [0, 0.1) is 13.8 Å². The normalized spacial score (nSPS) is 10.7.